The number of rotatable bonds is 7. The number of nitrogens with one attached hydrogen (secondary N) is 1. The summed E-state index contributed by atoms with van der Waals surface area (Å²) in [6, 6.07) is 15.4. The number of amides is 1. The fourth-order valence-corrected chi connectivity index (χ4v) is 2.42. The monoisotopic (exact) mass is 324 g/mol. The molecular weight excluding hydrogens is 300 g/mol. The second-order valence-corrected chi connectivity index (χ2v) is 5.31. The predicted octanol–water partition coefficient (Wildman–Crippen LogP) is 4.19. The van der Waals surface area contributed by atoms with Gasteiger partial charge in [-0.15, -0.1) is 0 Å². The molecule has 0 atom stereocenters. The average Bonchev–Trinajstić information content (AvgIpc) is 2.63. The first-order valence-corrected chi connectivity index (χ1v) is 8.14. The number of carbonyl (C=O) groups excluding carboxylic acids is 1. The van der Waals surface area contributed by atoms with Gasteiger partial charge in [0.2, 0.25) is 5.91 Å². The molecule has 1 N–H and O–H groups in total. The molecule has 0 fully saturated rings. The lowest BCUT2D eigenvalue weighted by molar-refractivity contribution is -0.111. The van der Waals surface area contributed by atoms with Crippen LogP contribution in [0.15, 0.2) is 54.6 Å². The maximum Gasteiger partial charge on any atom is 0.248 e. The molecule has 2 aromatic rings. The van der Waals surface area contributed by atoms with Crippen LogP contribution < -0.4 is 15.0 Å². The SMILES string of the molecule is CCN(CC)c1ccc(NC(=O)C=Cc2ccc(OC)cc2)cc1. The number of ether oxygens (including phenoxy) is 1. The fraction of sp³-hybridized carbons (Fsp3) is 0.250. The molecule has 0 radical (unpaired) electrons. The van der Waals surface area contributed by atoms with Crippen molar-refractivity contribution < 1.29 is 9.53 Å². The van der Waals surface area contributed by atoms with Gasteiger partial charge in [-0.25, -0.2) is 0 Å². The van der Waals surface area contributed by atoms with Crippen LogP contribution in [0.2, 0.25) is 0 Å². The van der Waals surface area contributed by atoms with Crippen LogP contribution in [-0.4, -0.2) is 26.1 Å². The molecule has 0 saturated carbocycles. The summed E-state index contributed by atoms with van der Waals surface area (Å²) >= 11 is 0. The Kier molecular flexibility index (Phi) is 6.43. The molecule has 1 amide bonds. The van der Waals surface area contributed by atoms with Crippen LogP contribution in [0.1, 0.15) is 19.4 Å². The van der Waals surface area contributed by atoms with Crippen molar-refractivity contribution in [1.29, 1.82) is 0 Å². The zero-order chi connectivity index (χ0) is 17.4. The lowest BCUT2D eigenvalue weighted by Gasteiger charge is -2.21. The quantitative estimate of drug-likeness (QED) is 0.776. The normalized spacial score (nSPS) is 10.6. The summed E-state index contributed by atoms with van der Waals surface area (Å²) in [5.41, 5.74) is 2.89. The van der Waals surface area contributed by atoms with Crippen molar-refractivity contribution in [2.45, 2.75) is 13.8 Å². The first-order valence-electron chi connectivity index (χ1n) is 8.14. The summed E-state index contributed by atoms with van der Waals surface area (Å²) in [6.07, 6.45) is 3.30. The van der Waals surface area contributed by atoms with Crippen molar-refractivity contribution in [2.75, 3.05) is 30.4 Å². The van der Waals surface area contributed by atoms with Gasteiger partial charge in [-0.3, -0.25) is 4.79 Å². The second kappa shape index (κ2) is 8.77. The molecule has 0 aliphatic rings. The Morgan fingerprint density at radius 3 is 2.21 bits per heavy atom. The van der Waals surface area contributed by atoms with Crippen molar-refractivity contribution in [3.63, 3.8) is 0 Å². The Bertz CT molecular complexity index is 672. The lowest BCUT2D eigenvalue weighted by atomic mass is 10.2. The minimum absolute atomic E-state index is 0.151. The molecule has 0 heterocycles. The maximum atomic E-state index is 12.0. The molecule has 0 bridgehead atoms. The van der Waals surface area contributed by atoms with E-state index < -0.39 is 0 Å². The van der Waals surface area contributed by atoms with E-state index in [2.05, 4.69) is 24.1 Å². The summed E-state index contributed by atoms with van der Waals surface area (Å²) in [7, 11) is 1.63. The predicted molar refractivity (Wildman–Crippen MR) is 101 cm³/mol. The van der Waals surface area contributed by atoms with E-state index in [1.165, 1.54) is 6.08 Å². The molecule has 126 valence electrons. The molecule has 0 aromatic heterocycles. The van der Waals surface area contributed by atoms with Crippen LogP contribution in [-0.2, 0) is 4.79 Å². The van der Waals surface area contributed by atoms with Gasteiger partial charge in [-0.05, 0) is 61.9 Å². The Hall–Kier alpha value is -2.75. The number of methoxy groups -OCH3 is 1. The number of anilines is 2. The van der Waals surface area contributed by atoms with Crippen LogP contribution in [0.3, 0.4) is 0 Å². The van der Waals surface area contributed by atoms with Gasteiger partial charge in [0.25, 0.3) is 0 Å². The van der Waals surface area contributed by atoms with E-state index in [4.69, 9.17) is 4.74 Å². The molecule has 0 unspecified atom stereocenters. The third kappa shape index (κ3) is 4.88. The highest BCUT2D eigenvalue weighted by Crippen LogP contribution is 2.18. The van der Waals surface area contributed by atoms with Crippen molar-refractivity contribution in [3.05, 3.63) is 60.2 Å². The first-order chi connectivity index (χ1) is 11.7. The van der Waals surface area contributed by atoms with Crippen LogP contribution in [0.5, 0.6) is 5.75 Å². The Morgan fingerprint density at radius 2 is 1.67 bits per heavy atom. The van der Waals surface area contributed by atoms with E-state index >= 15 is 0 Å². The van der Waals surface area contributed by atoms with Gasteiger partial charge in [0, 0.05) is 30.5 Å². The van der Waals surface area contributed by atoms with Gasteiger partial charge < -0.3 is 15.0 Å². The average molecular weight is 324 g/mol. The number of benzene rings is 2. The smallest absolute Gasteiger partial charge is 0.248 e. The third-order valence-electron chi connectivity index (χ3n) is 3.81. The summed E-state index contributed by atoms with van der Waals surface area (Å²) < 4.78 is 5.11. The minimum Gasteiger partial charge on any atom is -0.497 e. The van der Waals surface area contributed by atoms with Crippen LogP contribution in [0, 0.1) is 0 Å². The lowest BCUT2D eigenvalue weighted by Crippen LogP contribution is -2.21. The van der Waals surface area contributed by atoms with Gasteiger partial charge in [0.1, 0.15) is 5.75 Å². The highest BCUT2D eigenvalue weighted by molar-refractivity contribution is 6.02. The van der Waals surface area contributed by atoms with E-state index in [-0.39, 0.29) is 5.91 Å². The number of carbonyl (C=O) groups is 1. The topological polar surface area (TPSA) is 41.6 Å². The second-order valence-electron chi connectivity index (χ2n) is 5.31. The summed E-state index contributed by atoms with van der Waals surface area (Å²) in [5.74, 6) is 0.645. The molecule has 2 rings (SSSR count). The molecule has 0 spiro atoms. The van der Waals surface area contributed by atoms with Gasteiger partial charge >= 0.3 is 0 Å². The standard InChI is InChI=1S/C20H24N2O2/c1-4-22(5-2)18-11-9-17(10-12-18)21-20(23)15-8-16-6-13-19(24-3)14-7-16/h6-15H,4-5H2,1-3H3,(H,21,23). The molecule has 0 aliphatic carbocycles. The Morgan fingerprint density at radius 1 is 1.04 bits per heavy atom. The summed E-state index contributed by atoms with van der Waals surface area (Å²) in [4.78, 5) is 14.3. The summed E-state index contributed by atoms with van der Waals surface area (Å²) in [6.45, 7) is 6.19. The molecule has 4 nitrogen and oxygen atoms in total. The largest absolute Gasteiger partial charge is 0.497 e. The van der Waals surface area contributed by atoms with Crippen molar-refractivity contribution in [1.82, 2.24) is 0 Å². The van der Waals surface area contributed by atoms with Gasteiger partial charge in [-0.1, -0.05) is 12.1 Å². The zero-order valence-electron chi connectivity index (χ0n) is 14.5. The van der Waals surface area contributed by atoms with Crippen LogP contribution in [0.25, 0.3) is 6.08 Å². The van der Waals surface area contributed by atoms with Crippen LogP contribution >= 0.6 is 0 Å². The maximum absolute atomic E-state index is 12.0. The van der Waals surface area contributed by atoms with Gasteiger partial charge in [-0.2, -0.15) is 0 Å². The zero-order valence-corrected chi connectivity index (χ0v) is 14.5. The van der Waals surface area contributed by atoms with E-state index in [0.29, 0.717) is 0 Å². The van der Waals surface area contributed by atoms with Gasteiger partial charge in [0.15, 0.2) is 0 Å². The third-order valence-corrected chi connectivity index (χ3v) is 3.81. The van der Waals surface area contributed by atoms with Crippen molar-refractivity contribution in [3.8, 4) is 5.75 Å². The fourth-order valence-electron chi connectivity index (χ4n) is 2.42. The molecule has 24 heavy (non-hydrogen) atoms. The van der Waals surface area contributed by atoms with Crippen molar-refractivity contribution >= 4 is 23.4 Å². The van der Waals surface area contributed by atoms with E-state index in [0.717, 1.165) is 35.8 Å². The Balaban J connectivity index is 1.95. The van der Waals surface area contributed by atoms with E-state index in [1.54, 1.807) is 13.2 Å². The summed E-state index contributed by atoms with van der Waals surface area (Å²) in [5, 5.41) is 2.87. The number of hydrogen-bond donors (Lipinski definition) is 1. The molecule has 0 aliphatic heterocycles. The van der Waals surface area contributed by atoms with Crippen molar-refractivity contribution in [2.24, 2.45) is 0 Å². The highest BCUT2D eigenvalue weighted by Gasteiger charge is 2.02. The highest BCUT2D eigenvalue weighted by atomic mass is 16.5. The molecule has 0 saturated heterocycles. The minimum atomic E-state index is -0.151. The number of nitrogens with zero attached hydrogens (tertiary/aromatic N) is 1. The Labute approximate surface area is 143 Å². The van der Waals surface area contributed by atoms with Gasteiger partial charge in [0.05, 0.1) is 7.11 Å². The first kappa shape index (κ1) is 17.6. The van der Waals surface area contributed by atoms with Crippen LogP contribution in [0.4, 0.5) is 11.4 Å². The molecule has 4 heteroatoms. The number of hydrogen-bond acceptors (Lipinski definition) is 3. The molecule has 2 aromatic carbocycles. The van der Waals surface area contributed by atoms with E-state index in [9.17, 15) is 4.79 Å². The van der Waals surface area contributed by atoms with E-state index in [1.807, 2.05) is 48.5 Å². The molecular formula is C20H24N2O2.